The minimum absolute atomic E-state index is 0.0618. The molecule has 0 radical (unpaired) electrons. The van der Waals surface area contributed by atoms with Gasteiger partial charge in [-0.1, -0.05) is 0 Å². The van der Waals surface area contributed by atoms with Crippen molar-refractivity contribution < 1.29 is 19.4 Å². The zero-order chi connectivity index (χ0) is 15.1. The number of nitrogens with one attached hydrogen (secondary N) is 1. The molecule has 1 rings (SSSR count). The van der Waals surface area contributed by atoms with Gasteiger partial charge in [0.2, 0.25) is 5.91 Å². The monoisotopic (exact) mass is 284 g/mol. The predicted octanol–water partition coefficient (Wildman–Crippen LogP) is 0.520. The Labute approximate surface area is 119 Å². The summed E-state index contributed by atoms with van der Waals surface area (Å²) < 4.78 is 5.23. The lowest BCUT2D eigenvalue weighted by molar-refractivity contribution is -0.124. The molecule has 1 heterocycles. The molecule has 0 unspecified atom stereocenters. The van der Waals surface area contributed by atoms with Gasteiger partial charge in [-0.15, -0.1) is 0 Å². The van der Waals surface area contributed by atoms with Crippen molar-refractivity contribution in [2.24, 2.45) is 0 Å². The van der Waals surface area contributed by atoms with Crippen LogP contribution in [0.5, 0.6) is 0 Å². The summed E-state index contributed by atoms with van der Waals surface area (Å²) in [5.41, 5.74) is 0. The molecule has 20 heavy (non-hydrogen) atoms. The Morgan fingerprint density at radius 3 is 2.65 bits per heavy atom. The molecule has 0 spiro atoms. The summed E-state index contributed by atoms with van der Waals surface area (Å²) in [6, 6.07) is 3.17. The van der Waals surface area contributed by atoms with Crippen molar-refractivity contribution in [3.8, 4) is 0 Å². The zero-order valence-electron chi connectivity index (χ0n) is 12.2. The predicted molar refractivity (Wildman–Crippen MR) is 75.1 cm³/mol. The van der Waals surface area contributed by atoms with Gasteiger partial charge in [-0.25, -0.2) is 0 Å². The molecular formula is C14H24N2O4. The first kappa shape index (κ1) is 16.7. The number of carbonyl (C=O) groups is 1. The van der Waals surface area contributed by atoms with Crippen LogP contribution in [0.2, 0.25) is 0 Å². The van der Waals surface area contributed by atoms with Crippen molar-refractivity contribution in [1.29, 1.82) is 0 Å². The van der Waals surface area contributed by atoms with E-state index in [1.165, 1.54) is 0 Å². The number of nitrogens with zero attached hydrogens (tertiary/aromatic N) is 1. The molecule has 6 nitrogen and oxygen atoms in total. The standard InChI is InChI=1S/C14H24N2O4/c1-10(9-17)16(7-11(2)18)8-14(19)15-12(3)13-5-4-6-20-13/h4-6,10-12,17-18H,7-9H2,1-3H3,(H,15,19)/t10-,11+,12-/m1/s1. The van der Waals surface area contributed by atoms with Gasteiger partial charge in [0.05, 0.1) is 31.6 Å². The summed E-state index contributed by atoms with van der Waals surface area (Å²) in [5, 5.41) is 21.5. The van der Waals surface area contributed by atoms with Crippen LogP contribution in [0.4, 0.5) is 0 Å². The fourth-order valence-electron chi connectivity index (χ4n) is 1.94. The molecule has 1 aromatic heterocycles. The topological polar surface area (TPSA) is 85.9 Å². The quantitative estimate of drug-likeness (QED) is 0.648. The molecule has 114 valence electrons. The SMILES string of the molecule is C[C@H](O)CN(CC(=O)N[C@H](C)c1ccco1)[C@H](C)CO. The van der Waals surface area contributed by atoms with E-state index in [0.29, 0.717) is 12.3 Å². The molecule has 0 saturated carbocycles. The number of carbonyl (C=O) groups excluding carboxylic acids is 1. The van der Waals surface area contributed by atoms with Gasteiger partial charge >= 0.3 is 0 Å². The fraction of sp³-hybridized carbons (Fsp3) is 0.643. The van der Waals surface area contributed by atoms with Gasteiger partial charge in [-0.05, 0) is 32.9 Å². The van der Waals surface area contributed by atoms with Gasteiger partial charge < -0.3 is 19.9 Å². The molecule has 0 saturated heterocycles. The van der Waals surface area contributed by atoms with Crippen LogP contribution in [-0.4, -0.2) is 52.9 Å². The summed E-state index contributed by atoms with van der Waals surface area (Å²) >= 11 is 0. The van der Waals surface area contributed by atoms with E-state index in [1.54, 1.807) is 30.2 Å². The number of furan rings is 1. The Morgan fingerprint density at radius 1 is 1.45 bits per heavy atom. The van der Waals surface area contributed by atoms with Crippen LogP contribution in [0.25, 0.3) is 0 Å². The largest absolute Gasteiger partial charge is 0.467 e. The number of rotatable bonds is 8. The molecule has 0 fully saturated rings. The van der Waals surface area contributed by atoms with Crippen molar-refractivity contribution >= 4 is 5.91 Å². The zero-order valence-corrected chi connectivity index (χ0v) is 12.2. The van der Waals surface area contributed by atoms with Crippen LogP contribution in [-0.2, 0) is 4.79 Å². The first-order valence-corrected chi connectivity index (χ1v) is 6.79. The average molecular weight is 284 g/mol. The van der Waals surface area contributed by atoms with E-state index in [4.69, 9.17) is 4.42 Å². The number of aliphatic hydroxyl groups excluding tert-OH is 2. The van der Waals surface area contributed by atoms with Gasteiger partial charge in [0.15, 0.2) is 0 Å². The summed E-state index contributed by atoms with van der Waals surface area (Å²) in [7, 11) is 0. The first-order valence-electron chi connectivity index (χ1n) is 6.79. The first-order chi connectivity index (χ1) is 9.43. The Bertz CT molecular complexity index is 392. The molecule has 1 aromatic rings. The second kappa shape index (κ2) is 8.04. The summed E-state index contributed by atoms with van der Waals surface area (Å²) in [6.07, 6.45) is 1.00. The van der Waals surface area contributed by atoms with Crippen LogP contribution in [0.1, 0.15) is 32.6 Å². The van der Waals surface area contributed by atoms with E-state index in [9.17, 15) is 15.0 Å². The fourth-order valence-corrected chi connectivity index (χ4v) is 1.94. The van der Waals surface area contributed by atoms with Crippen LogP contribution in [0, 0.1) is 0 Å². The van der Waals surface area contributed by atoms with Crippen LogP contribution >= 0.6 is 0 Å². The smallest absolute Gasteiger partial charge is 0.234 e. The third-order valence-electron chi connectivity index (χ3n) is 3.08. The van der Waals surface area contributed by atoms with Crippen molar-refractivity contribution in [3.05, 3.63) is 24.2 Å². The number of hydrogen-bond acceptors (Lipinski definition) is 5. The summed E-state index contributed by atoms with van der Waals surface area (Å²) in [4.78, 5) is 13.7. The Hall–Kier alpha value is -1.37. The van der Waals surface area contributed by atoms with Gasteiger partial charge in [-0.2, -0.15) is 0 Å². The maximum Gasteiger partial charge on any atom is 0.234 e. The van der Waals surface area contributed by atoms with Crippen LogP contribution in [0.3, 0.4) is 0 Å². The number of amides is 1. The summed E-state index contributed by atoms with van der Waals surface area (Å²) in [6.45, 7) is 5.70. The third kappa shape index (κ3) is 5.32. The highest BCUT2D eigenvalue weighted by molar-refractivity contribution is 5.78. The van der Waals surface area contributed by atoms with Crippen LogP contribution < -0.4 is 5.32 Å². The van der Waals surface area contributed by atoms with Crippen molar-refractivity contribution in [3.63, 3.8) is 0 Å². The number of hydrogen-bond donors (Lipinski definition) is 3. The Morgan fingerprint density at radius 2 is 2.15 bits per heavy atom. The van der Waals surface area contributed by atoms with E-state index >= 15 is 0 Å². The lowest BCUT2D eigenvalue weighted by Crippen LogP contribution is -2.46. The van der Waals surface area contributed by atoms with E-state index in [-0.39, 0.29) is 31.1 Å². The Kier molecular flexibility index (Phi) is 6.70. The van der Waals surface area contributed by atoms with Gasteiger partial charge in [0.1, 0.15) is 5.76 Å². The molecule has 3 atom stereocenters. The molecule has 3 N–H and O–H groups in total. The highest BCUT2D eigenvalue weighted by Gasteiger charge is 2.20. The normalized spacial score (nSPS) is 15.9. The van der Waals surface area contributed by atoms with E-state index in [1.807, 2.05) is 13.8 Å². The molecule has 0 aliphatic rings. The van der Waals surface area contributed by atoms with Gasteiger partial charge in [0, 0.05) is 12.6 Å². The van der Waals surface area contributed by atoms with E-state index < -0.39 is 6.10 Å². The molecule has 1 amide bonds. The van der Waals surface area contributed by atoms with Crippen molar-refractivity contribution in [2.75, 3.05) is 19.7 Å². The number of aliphatic hydroxyl groups is 2. The van der Waals surface area contributed by atoms with E-state index in [2.05, 4.69) is 5.32 Å². The van der Waals surface area contributed by atoms with Crippen molar-refractivity contribution in [2.45, 2.75) is 39.0 Å². The average Bonchev–Trinajstić information content (AvgIpc) is 2.90. The minimum Gasteiger partial charge on any atom is -0.467 e. The third-order valence-corrected chi connectivity index (χ3v) is 3.08. The summed E-state index contributed by atoms with van der Waals surface area (Å²) in [5.74, 6) is 0.519. The van der Waals surface area contributed by atoms with Gasteiger partial charge in [0.25, 0.3) is 0 Å². The molecule has 0 aliphatic carbocycles. The molecule has 0 aliphatic heterocycles. The second-order valence-electron chi connectivity index (χ2n) is 5.11. The van der Waals surface area contributed by atoms with Gasteiger partial charge in [-0.3, -0.25) is 9.69 Å². The highest BCUT2D eigenvalue weighted by Crippen LogP contribution is 2.12. The van der Waals surface area contributed by atoms with Crippen molar-refractivity contribution in [1.82, 2.24) is 10.2 Å². The maximum absolute atomic E-state index is 12.0. The maximum atomic E-state index is 12.0. The lowest BCUT2D eigenvalue weighted by Gasteiger charge is -2.28. The minimum atomic E-state index is -0.556. The molecule has 6 heteroatoms. The molecule has 0 aromatic carbocycles. The van der Waals surface area contributed by atoms with E-state index in [0.717, 1.165) is 0 Å². The molecule has 0 bridgehead atoms. The lowest BCUT2D eigenvalue weighted by atomic mass is 10.2. The molecular weight excluding hydrogens is 260 g/mol. The van der Waals surface area contributed by atoms with Crippen LogP contribution in [0.15, 0.2) is 22.8 Å². The second-order valence-corrected chi connectivity index (χ2v) is 5.11. The Balaban J connectivity index is 2.53. The highest BCUT2D eigenvalue weighted by atomic mass is 16.3.